The van der Waals surface area contributed by atoms with Crippen LogP contribution in [0.1, 0.15) is 112 Å². The zero-order chi connectivity index (χ0) is 60.5. The van der Waals surface area contributed by atoms with Crippen molar-refractivity contribution >= 4 is 11.8 Å². The fraction of sp³-hybridized carbons (Fsp3) is 0.469. The van der Waals surface area contributed by atoms with Gasteiger partial charge in [0.05, 0.1) is 61.7 Å². The molecule has 5 aromatic rings. The molecule has 9 heterocycles. The van der Waals surface area contributed by atoms with Gasteiger partial charge in [0.2, 0.25) is 13.6 Å². The second kappa shape index (κ2) is 21.7. The summed E-state index contributed by atoms with van der Waals surface area (Å²) in [5, 5.41) is 44.6. The summed E-state index contributed by atoms with van der Waals surface area (Å²) < 4.78 is 58.3. The third-order valence-corrected chi connectivity index (χ3v) is 19.6. The summed E-state index contributed by atoms with van der Waals surface area (Å²) in [5.74, 6) is 4.10. The summed E-state index contributed by atoms with van der Waals surface area (Å²) in [6, 6.07) is 12.9. The number of phenolic OH excluding ortho intramolecular Hbond substituents is 2. The normalized spacial score (nSPS) is 26.1. The van der Waals surface area contributed by atoms with Gasteiger partial charge in [-0.25, -0.2) is 0 Å². The Labute approximate surface area is 498 Å². The Morgan fingerprint density at radius 2 is 1.01 bits per heavy atom. The number of amides is 2. The molecule has 10 atom stereocenters. The first-order valence-electron chi connectivity index (χ1n) is 28.9. The van der Waals surface area contributed by atoms with Gasteiger partial charge < -0.3 is 63.3 Å². The number of rotatable bonds is 11. The topological polar surface area (TPSA) is 257 Å². The molecule has 5 aromatic carbocycles. The number of fused-ring (bicyclic) bond motifs is 19. The molecule has 22 heteroatoms. The third-order valence-electron chi connectivity index (χ3n) is 19.6. The molecule has 2 saturated heterocycles. The number of likely N-dealkylation sites (N-methyl/N-ethyl adjacent to an activating group) is 2. The Hall–Kier alpha value is -8.06. The van der Waals surface area contributed by atoms with E-state index >= 15 is 0 Å². The van der Waals surface area contributed by atoms with E-state index in [-0.39, 0.29) is 94.1 Å². The Morgan fingerprint density at radius 3 is 1.42 bits per heavy atom. The first-order valence-corrected chi connectivity index (χ1v) is 28.9. The van der Waals surface area contributed by atoms with Crippen molar-refractivity contribution in [2.24, 2.45) is 5.73 Å². The van der Waals surface area contributed by atoms with Gasteiger partial charge in [0.15, 0.2) is 59.6 Å². The zero-order valence-electron chi connectivity index (χ0n) is 49.8. The van der Waals surface area contributed by atoms with Gasteiger partial charge >= 0.3 is 0 Å². The van der Waals surface area contributed by atoms with E-state index in [2.05, 4.69) is 50.9 Å². The van der Waals surface area contributed by atoms with Crippen LogP contribution in [-0.4, -0.2) is 166 Å². The number of imide groups is 1. The highest BCUT2D eigenvalue weighted by atomic mass is 16.7. The number of hydrogen-bond donors (Lipinski definition) is 3. The number of benzene rings is 5. The molecule has 0 aliphatic carbocycles. The van der Waals surface area contributed by atoms with Crippen LogP contribution in [0.3, 0.4) is 0 Å². The van der Waals surface area contributed by atoms with Gasteiger partial charge in [0.25, 0.3) is 11.8 Å². The van der Waals surface area contributed by atoms with E-state index in [0.29, 0.717) is 105 Å². The molecule has 22 nitrogen and oxygen atoms in total. The van der Waals surface area contributed by atoms with Crippen LogP contribution >= 0.6 is 0 Å². The number of piperazine rings is 2. The van der Waals surface area contributed by atoms with Gasteiger partial charge in [0, 0.05) is 96.0 Å². The quantitative estimate of drug-likeness (QED) is 0.0975. The van der Waals surface area contributed by atoms with Crippen molar-refractivity contribution in [2.45, 2.75) is 114 Å². The van der Waals surface area contributed by atoms with Crippen LogP contribution in [-0.2, 0) is 35.2 Å². The lowest BCUT2D eigenvalue weighted by atomic mass is 9.71. The average molecular weight is 1180 g/mol. The molecular formula is C64H70N8O14. The van der Waals surface area contributed by atoms with Crippen LogP contribution in [0.15, 0.2) is 36.4 Å². The number of methoxy groups -OCH3 is 4. The number of hydrogen-bond acceptors (Lipinski definition) is 21. The number of carbonyl (C=O) groups is 2. The van der Waals surface area contributed by atoms with Crippen LogP contribution in [0.2, 0.25) is 0 Å². The predicted molar refractivity (Wildman–Crippen MR) is 308 cm³/mol. The molecular weight excluding hydrogens is 1100 g/mol. The monoisotopic (exact) mass is 1170 g/mol. The smallest absolute Gasteiger partial charge is 0.261 e. The fourth-order valence-corrected chi connectivity index (χ4v) is 16.1. The van der Waals surface area contributed by atoms with E-state index in [4.69, 9.17) is 53.1 Å². The molecule has 0 aromatic heterocycles. The van der Waals surface area contributed by atoms with Crippen molar-refractivity contribution in [3.63, 3.8) is 0 Å². The van der Waals surface area contributed by atoms with Gasteiger partial charge in [-0.05, 0) is 102 Å². The van der Waals surface area contributed by atoms with E-state index in [0.717, 1.165) is 44.5 Å². The van der Waals surface area contributed by atoms with Crippen molar-refractivity contribution in [1.82, 2.24) is 24.5 Å². The highest BCUT2D eigenvalue weighted by Gasteiger charge is 2.59. The van der Waals surface area contributed by atoms with Crippen molar-refractivity contribution < 1.29 is 67.2 Å². The minimum absolute atomic E-state index is 0.00990. The summed E-state index contributed by atoms with van der Waals surface area (Å²) in [7, 11) is 10.5. The molecule has 14 rings (SSSR count). The molecule has 9 aliphatic heterocycles. The van der Waals surface area contributed by atoms with Gasteiger partial charge in [-0.1, -0.05) is 24.3 Å². The number of carbonyl (C=O) groups excluding carboxylic acids is 2. The summed E-state index contributed by atoms with van der Waals surface area (Å²) in [5.41, 5.74) is 17.3. The molecule has 4 bridgehead atoms. The summed E-state index contributed by atoms with van der Waals surface area (Å²) >= 11 is 0. The molecule has 2 amide bonds. The van der Waals surface area contributed by atoms with Crippen LogP contribution in [0.5, 0.6) is 57.5 Å². The highest BCUT2D eigenvalue weighted by molar-refractivity contribution is 6.21. The van der Waals surface area contributed by atoms with Gasteiger partial charge in [0.1, 0.15) is 23.6 Å². The molecule has 2 fully saturated rings. The van der Waals surface area contributed by atoms with Crippen LogP contribution in [0.4, 0.5) is 0 Å². The SMILES string of the molecule is COCOc1c(OC)c(C)cc2c1[C@@H]1[C@@H]3Cc4c(O)c(C)c5c(c4[C@H](CN)N3[C@@H](C#N)[C@H](C2)N1C)OCO5.COCOc1c(OC)c(C)cc2c1[C@@H]1[C@@H]3Cc4c(O)c(C)c5c(c4[C@H](CN4C(=O)c6ccccc6C4=O)N3[C@@H](C#N)[C@H](C2)N1C)OCO5. The van der Waals surface area contributed by atoms with E-state index in [1.807, 2.05) is 27.8 Å². The third kappa shape index (κ3) is 8.14. The first kappa shape index (κ1) is 57.0. The lowest BCUT2D eigenvalue weighted by Gasteiger charge is -2.60. The number of ether oxygens (including phenoxy) is 10. The molecule has 86 heavy (non-hydrogen) atoms. The van der Waals surface area contributed by atoms with Crippen LogP contribution in [0.25, 0.3) is 0 Å². The number of phenols is 2. The van der Waals surface area contributed by atoms with Crippen LogP contribution in [0, 0.1) is 50.4 Å². The van der Waals surface area contributed by atoms with Gasteiger partial charge in [-0.15, -0.1) is 0 Å². The molecule has 4 N–H and O–H groups in total. The standard InChI is InChI=1S/C36H36N4O8.C28H34N4O6/c1-17-10-19-11-23-25(13-37)40-24(29(38(23)3)27(19)33(31(17)45-5)46-15-44-4)12-22-28(34-32(47-16-48-34)18(2)30(22)41)26(40)14-39-35(42)20-8-6-7-9-21(20)36(39)43;1-13-6-15-7-17-19(9-29)32-18(23(31(17)3)21(15)27(25(13)35-5)36-11-34-4)8-16-22(20(32)10-30)28-26(37-12-38-28)14(2)24(16)33/h6-10,23-26,29,41H,11-12,14-16H2,1-5H3;6,17-20,23,33H,7-8,10-12,30H2,1-5H3/t23-,24-,25-,26-,29-;17-,18-,19-,20-,23-/m00/s1. The molecule has 0 spiro atoms. The highest BCUT2D eigenvalue weighted by Crippen LogP contribution is 2.61. The fourth-order valence-electron chi connectivity index (χ4n) is 16.1. The lowest BCUT2D eigenvalue weighted by molar-refractivity contribution is -0.0766. The summed E-state index contributed by atoms with van der Waals surface area (Å²) in [6.07, 6.45) is 2.10. The number of aromatic hydroxyl groups is 2. The number of nitriles is 2. The number of aryl methyl sites for hydroxylation is 2. The Bertz CT molecular complexity index is 3710. The molecule has 0 saturated carbocycles. The first-order chi connectivity index (χ1) is 41.6. The number of nitrogens with two attached hydrogens (primary N) is 1. The minimum Gasteiger partial charge on any atom is -0.507 e. The average Bonchev–Trinajstić information content (AvgIpc) is 2.66. The summed E-state index contributed by atoms with van der Waals surface area (Å²) in [6.45, 7) is 7.98. The Kier molecular flexibility index (Phi) is 14.4. The van der Waals surface area contributed by atoms with E-state index in [1.54, 1.807) is 59.6 Å². The van der Waals surface area contributed by atoms with E-state index in [9.17, 15) is 30.3 Å². The molecule has 0 unspecified atom stereocenters. The Morgan fingerprint density at radius 1 is 0.593 bits per heavy atom. The van der Waals surface area contributed by atoms with Crippen molar-refractivity contribution in [3.05, 3.63) is 114 Å². The minimum atomic E-state index is -0.691. The molecule has 9 aliphatic rings. The maximum Gasteiger partial charge on any atom is 0.261 e. The predicted octanol–water partition coefficient (Wildman–Crippen LogP) is 6.26. The van der Waals surface area contributed by atoms with E-state index in [1.165, 1.54) is 4.90 Å². The second-order valence-corrected chi connectivity index (χ2v) is 23.6. The summed E-state index contributed by atoms with van der Waals surface area (Å²) in [4.78, 5) is 37.7. The van der Waals surface area contributed by atoms with Crippen molar-refractivity contribution in [2.75, 3.05) is 82.8 Å². The Balaban J connectivity index is 0.000000164. The van der Waals surface area contributed by atoms with Crippen LogP contribution < -0.4 is 43.6 Å². The maximum atomic E-state index is 13.8. The molecule has 0 radical (unpaired) electrons. The lowest BCUT2D eigenvalue weighted by Crippen LogP contribution is -2.69. The maximum absolute atomic E-state index is 13.8. The van der Waals surface area contributed by atoms with Gasteiger partial charge in [-0.2, -0.15) is 10.5 Å². The second-order valence-electron chi connectivity index (χ2n) is 23.6. The number of nitrogens with zero attached hydrogens (tertiary/aromatic N) is 7. The zero-order valence-corrected chi connectivity index (χ0v) is 49.8. The van der Waals surface area contributed by atoms with Crippen molar-refractivity contribution in [3.8, 4) is 69.6 Å². The molecule has 450 valence electrons. The van der Waals surface area contributed by atoms with Crippen molar-refractivity contribution in [1.29, 1.82) is 10.5 Å². The van der Waals surface area contributed by atoms with Gasteiger partial charge in [-0.3, -0.25) is 34.1 Å². The van der Waals surface area contributed by atoms with E-state index < -0.39 is 29.9 Å². The largest absolute Gasteiger partial charge is 0.507 e.